The lowest BCUT2D eigenvalue weighted by atomic mass is 9.98. The number of nitriles is 1. The fraction of sp³-hybridized carbons (Fsp3) is 0.579. The van der Waals surface area contributed by atoms with Crippen molar-refractivity contribution >= 4 is 5.97 Å². The first-order valence-corrected chi connectivity index (χ1v) is 8.86. The van der Waals surface area contributed by atoms with Crippen LogP contribution in [0.1, 0.15) is 38.2 Å². The lowest BCUT2D eigenvalue weighted by molar-refractivity contribution is -0.907. The van der Waals surface area contributed by atoms with Crippen molar-refractivity contribution in [3.8, 4) is 11.8 Å². The van der Waals surface area contributed by atoms with Crippen molar-refractivity contribution in [3.63, 3.8) is 0 Å². The van der Waals surface area contributed by atoms with Gasteiger partial charge in [0.2, 0.25) is 0 Å². The zero-order valence-electron chi connectivity index (χ0n) is 14.4. The predicted molar refractivity (Wildman–Crippen MR) is 90.8 cm³/mol. The third-order valence-electron chi connectivity index (χ3n) is 4.43. The van der Waals surface area contributed by atoms with Gasteiger partial charge in [-0.25, -0.2) is 0 Å². The number of ether oxygens (including phenoxy) is 2. The lowest BCUT2D eigenvalue weighted by Gasteiger charge is -2.28. The van der Waals surface area contributed by atoms with Crippen molar-refractivity contribution in [1.29, 1.82) is 5.26 Å². The SMILES string of the molecule is CCOC(=O)[C@@H]1CCC[NH+](CCCCOc2ccccc2C#N)C1. The van der Waals surface area contributed by atoms with E-state index in [9.17, 15) is 4.79 Å². The first-order chi connectivity index (χ1) is 11.7. The summed E-state index contributed by atoms with van der Waals surface area (Å²) in [5.74, 6) is 0.686. The fourth-order valence-corrected chi connectivity index (χ4v) is 3.18. The summed E-state index contributed by atoms with van der Waals surface area (Å²) in [5.41, 5.74) is 0.580. The van der Waals surface area contributed by atoms with Crippen LogP contribution in [0.4, 0.5) is 0 Å². The Hall–Kier alpha value is -2.06. The molecule has 1 fully saturated rings. The number of nitrogens with one attached hydrogen (secondary N) is 1. The van der Waals surface area contributed by atoms with Crippen molar-refractivity contribution in [1.82, 2.24) is 0 Å². The summed E-state index contributed by atoms with van der Waals surface area (Å²) in [4.78, 5) is 13.3. The second kappa shape index (κ2) is 9.94. The quantitative estimate of drug-likeness (QED) is 0.580. The van der Waals surface area contributed by atoms with Crippen molar-refractivity contribution in [2.75, 3.05) is 32.8 Å². The van der Waals surface area contributed by atoms with E-state index in [1.165, 1.54) is 4.90 Å². The van der Waals surface area contributed by atoms with Gasteiger partial charge >= 0.3 is 5.97 Å². The van der Waals surface area contributed by atoms with Crippen LogP contribution >= 0.6 is 0 Å². The van der Waals surface area contributed by atoms with E-state index in [2.05, 4.69) is 6.07 Å². The largest absolute Gasteiger partial charge is 0.492 e. The molecule has 2 atom stereocenters. The van der Waals surface area contributed by atoms with E-state index >= 15 is 0 Å². The molecule has 0 aromatic heterocycles. The molecule has 1 saturated heterocycles. The molecule has 1 heterocycles. The van der Waals surface area contributed by atoms with Crippen molar-refractivity contribution in [2.24, 2.45) is 5.92 Å². The van der Waals surface area contributed by atoms with Crippen LogP contribution in [-0.2, 0) is 9.53 Å². The van der Waals surface area contributed by atoms with Crippen LogP contribution in [-0.4, -0.2) is 38.8 Å². The van der Waals surface area contributed by atoms with Crippen molar-refractivity contribution in [2.45, 2.75) is 32.6 Å². The molecule has 130 valence electrons. The lowest BCUT2D eigenvalue weighted by Crippen LogP contribution is -3.13. The van der Waals surface area contributed by atoms with Gasteiger partial charge in [-0.3, -0.25) is 4.79 Å². The molecular formula is C19H27N2O3+. The molecule has 0 amide bonds. The topological polar surface area (TPSA) is 63.8 Å². The summed E-state index contributed by atoms with van der Waals surface area (Å²) < 4.78 is 10.8. The number of para-hydroxylation sites is 1. The van der Waals surface area contributed by atoms with E-state index in [-0.39, 0.29) is 11.9 Å². The molecule has 1 N–H and O–H groups in total. The van der Waals surface area contributed by atoms with Gasteiger partial charge in [0, 0.05) is 0 Å². The number of nitrogens with zero attached hydrogens (tertiary/aromatic N) is 1. The second-order valence-corrected chi connectivity index (χ2v) is 6.21. The van der Waals surface area contributed by atoms with Crippen LogP contribution in [0.3, 0.4) is 0 Å². The summed E-state index contributed by atoms with van der Waals surface area (Å²) in [6.07, 6.45) is 4.05. The Morgan fingerprint density at radius 2 is 2.21 bits per heavy atom. The molecule has 1 unspecified atom stereocenters. The number of carbonyl (C=O) groups excluding carboxylic acids is 1. The number of unbranched alkanes of at least 4 members (excludes halogenated alkanes) is 1. The summed E-state index contributed by atoms with van der Waals surface area (Å²) in [7, 11) is 0. The summed E-state index contributed by atoms with van der Waals surface area (Å²) >= 11 is 0. The fourth-order valence-electron chi connectivity index (χ4n) is 3.18. The molecule has 0 saturated carbocycles. The summed E-state index contributed by atoms with van der Waals surface area (Å²) in [6.45, 7) is 6.01. The minimum atomic E-state index is -0.0360. The highest BCUT2D eigenvalue weighted by Crippen LogP contribution is 2.16. The average molecular weight is 331 g/mol. The van der Waals surface area contributed by atoms with E-state index < -0.39 is 0 Å². The number of piperidine rings is 1. The second-order valence-electron chi connectivity index (χ2n) is 6.21. The van der Waals surface area contributed by atoms with Gasteiger partial charge in [-0.1, -0.05) is 12.1 Å². The monoisotopic (exact) mass is 331 g/mol. The summed E-state index contributed by atoms with van der Waals surface area (Å²) in [5, 5.41) is 9.03. The molecule has 24 heavy (non-hydrogen) atoms. The Bertz CT molecular complexity index is 568. The third-order valence-corrected chi connectivity index (χ3v) is 4.43. The highest BCUT2D eigenvalue weighted by molar-refractivity contribution is 5.72. The zero-order valence-corrected chi connectivity index (χ0v) is 14.4. The molecule has 1 aromatic rings. The van der Waals surface area contributed by atoms with E-state index in [0.717, 1.165) is 45.3 Å². The smallest absolute Gasteiger partial charge is 0.314 e. The van der Waals surface area contributed by atoms with Crippen LogP contribution in [0.15, 0.2) is 24.3 Å². The van der Waals surface area contributed by atoms with Gasteiger partial charge in [0.05, 0.1) is 38.4 Å². The Labute approximate surface area is 144 Å². The summed E-state index contributed by atoms with van der Waals surface area (Å²) in [6, 6.07) is 9.46. The van der Waals surface area contributed by atoms with Gasteiger partial charge in [-0.05, 0) is 44.7 Å². The molecule has 2 rings (SSSR count). The van der Waals surface area contributed by atoms with Crippen LogP contribution < -0.4 is 9.64 Å². The highest BCUT2D eigenvalue weighted by Gasteiger charge is 2.29. The first-order valence-electron chi connectivity index (χ1n) is 8.86. The molecule has 1 aliphatic rings. The maximum Gasteiger partial charge on any atom is 0.314 e. The van der Waals surface area contributed by atoms with Gasteiger partial charge < -0.3 is 14.4 Å². The Kier molecular flexibility index (Phi) is 7.57. The van der Waals surface area contributed by atoms with Gasteiger partial charge in [-0.15, -0.1) is 0 Å². The standard InChI is InChI=1S/C19H26N2O3/c1-2-23-19(22)17-9-7-12-21(15-17)11-5-6-13-24-18-10-4-3-8-16(18)14-20/h3-4,8,10,17H,2,5-7,9,11-13,15H2,1H3/p+1/t17-/m1/s1. The number of hydrogen-bond acceptors (Lipinski definition) is 4. The molecular weight excluding hydrogens is 304 g/mol. The molecule has 0 aliphatic carbocycles. The number of esters is 1. The van der Waals surface area contributed by atoms with Crippen molar-refractivity contribution < 1.29 is 19.2 Å². The number of carbonyl (C=O) groups is 1. The molecule has 0 spiro atoms. The normalized spacial score (nSPS) is 20.2. The maximum absolute atomic E-state index is 11.9. The Balaban J connectivity index is 1.65. The van der Waals surface area contributed by atoms with Crippen LogP contribution in [0.5, 0.6) is 5.75 Å². The Morgan fingerprint density at radius 1 is 1.38 bits per heavy atom. The highest BCUT2D eigenvalue weighted by atomic mass is 16.5. The third kappa shape index (κ3) is 5.54. The number of likely N-dealkylation sites (tertiary alicyclic amines) is 1. The van der Waals surface area contributed by atoms with E-state index in [1.54, 1.807) is 6.07 Å². The minimum Gasteiger partial charge on any atom is -0.492 e. The number of benzene rings is 1. The number of quaternary nitrogens is 1. The maximum atomic E-state index is 11.9. The van der Waals surface area contributed by atoms with E-state index in [1.807, 2.05) is 25.1 Å². The molecule has 5 nitrogen and oxygen atoms in total. The van der Waals surface area contributed by atoms with Gasteiger partial charge in [0.25, 0.3) is 0 Å². The predicted octanol–water partition coefficient (Wildman–Crippen LogP) is 1.58. The number of hydrogen-bond donors (Lipinski definition) is 1. The molecule has 1 aromatic carbocycles. The number of rotatable bonds is 8. The van der Waals surface area contributed by atoms with Crippen LogP contribution in [0.2, 0.25) is 0 Å². The molecule has 0 radical (unpaired) electrons. The zero-order chi connectivity index (χ0) is 17.2. The van der Waals surface area contributed by atoms with Crippen LogP contribution in [0, 0.1) is 17.2 Å². The van der Waals surface area contributed by atoms with Crippen LogP contribution in [0.25, 0.3) is 0 Å². The molecule has 5 heteroatoms. The average Bonchev–Trinajstić information content (AvgIpc) is 2.62. The minimum absolute atomic E-state index is 0.0360. The van der Waals surface area contributed by atoms with Crippen molar-refractivity contribution in [3.05, 3.63) is 29.8 Å². The van der Waals surface area contributed by atoms with E-state index in [4.69, 9.17) is 14.7 Å². The molecule has 1 aliphatic heterocycles. The van der Waals surface area contributed by atoms with Gasteiger partial charge in [0.1, 0.15) is 17.7 Å². The Morgan fingerprint density at radius 3 is 3.00 bits per heavy atom. The van der Waals surface area contributed by atoms with Gasteiger partial charge in [0.15, 0.2) is 0 Å². The first kappa shape index (κ1) is 18.3. The van der Waals surface area contributed by atoms with Gasteiger partial charge in [-0.2, -0.15) is 5.26 Å². The van der Waals surface area contributed by atoms with E-state index in [0.29, 0.717) is 24.5 Å². The molecule has 0 bridgehead atoms.